The van der Waals surface area contributed by atoms with Crippen molar-refractivity contribution in [2.45, 2.75) is 26.2 Å². The first-order chi connectivity index (χ1) is 12.5. The van der Waals surface area contributed by atoms with Gasteiger partial charge in [-0.2, -0.15) is 17.0 Å². The van der Waals surface area contributed by atoms with Crippen molar-refractivity contribution >= 4 is 28.5 Å². The van der Waals surface area contributed by atoms with Crippen molar-refractivity contribution in [3.05, 3.63) is 0 Å². The molecule has 1 N–H and O–H groups in total. The molecular formula is C17H33ClN4O4S. The summed E-state index contributed by atoms with van der Waals surface area (Å²) in [6.45, 7) is 7.69. The average Bonchev–Trinajstić information content (AvgIpc) is 2.69. The molecule has 8 nitrogen and oxygen atoms in total. The van der Waals surface area contributed by atoms with Crippen molar-refractivity contribution in [1.29, 1.82) is 0 Å². The number of piperidine rings is 1. The molecule has 0 spiro atoms. The number of piperazine rings is 1. The number of nitrogens with zero attached hydrogens (tertiary/aromatic N) is 3. The van der Waals surface area contributed by atoms with Gasteiger partial charge >= 0.3 is 0 Å². The maximum absolute atomic E-state index is 12.7. The molecule has 3 aliphatic rings. The van der Waals surface area contributed by atoms with Crippen molar-refractivity contribution in [3.63, 3.8) is 0 Å². The van der Waals surface area contributed by atoms with E-state index in [1.54, 1.807) is 0 Å². The van der Waals surface area contributed by atoms with E-state index in [4.69, 9.17) is 4.74 Å². The van der Waals surface area contributed by atoms with Gasteiger partial charge in [0.1, 0.15) is 0 Å². The van der Waals surface area contributed by atoms with Crippen molar-refractivity contribution < 1.29 is 17.9 Å². The quantitative estimate of drug-likeness (QED) is 0.679. The highest BCUT2D eigenvalue weighted by atomic mass is 35.5. The van der Waals surface area contributed by atoms with Crippen molar-refractivity contribution in [2.75, 3.05) is 65.6 Å². The third-order valence-corrected chi connectivity index (χ3v) is 7.89. The Bertz CT molecular complexity index is 571. The number of nitrogens with one attached hydrogen (secondary N) is 1. The molecule has 3 rings (SSSR count). The van der Waals surface area contributed by atoms with Crippen LogP contribution in [0.4, 0.5) is 0 Å². The van der Waals surface area contributed by atoms with E-state index in [9.17, 15) is 13.2 Å². The molecule has 3 fully saturated rings. The van der Waals surface area contributed by atoms with Gasteiger partial charge in [0, 0.05) is 45.7 Å². The van der Waals surface area contributed by atoms with Gasteiger partial charge in [0.2, 0.25) is 5.91 Å². The maximum Gasteiger partial charge on any atom is 0.282 e. The third kappa shape index (κ3) is 5.77. The Balaban J connectivity index is 0.00000261. The topological polar surface area (TPSA) is 82.2 Å². The molecular weight excluding hydrogens is 392 g/mol. The van der Waals surface area contributed by atoms with Crippen molar-refractivity contribution in [3.8, 4) is 0 Å². The standard InChI is InChI=1S/C17H32N4O4S.ClH/c1-15(16-3-2-4-18-14-16)13-17(22)19-5-7-20(8-6-19)26(23,24)21-9-11-25-12-10-21;/h15-16,18H,2-14H2,1H3;1H. The second-order valence-electron chi connectivity index (χ2n) is 7.59. The molecule has 0 aliphatic carbocycles. The number of carbonyl (C=O) groups is 1. The molecule has 2 atom stereocenters. The maximum atomic E-state index is 12.7. The molecule has 0 saturated carbocycles. The molecule has 0 bridgehead atoms. The van der Waals surface area contributed by atoms with Crippen LogP contribution in [0.5, 0.6) is 0 Å². The summed E-state index contributed by atoms with van der Waals surface area (Å²) in [6, 6.07) is 0. The zero-order chi connectivity index (χ0) is 18.6. The minimum absolute atomic E-state index is 0. The highest BCUT2D eigenvalue weighted by Crippen LogP contribution is 2.24. The zero-order valence-corrected chi connectivity index (χ0v) is 17.8. The van der Waals surface area contributed by atoms with Gasteiger partial charge in [-0.3, -0.25) is 4.79 Å². The summed E-state index contributed by atoms with van der Waals surface area (Å²) in [4.78, 5) is 14.5. The van der Waals surface area contributed by atoms with Crippen LogP contribution in [0.1, 0.15) is 26.2 Å². The number of hydrogen-bond acceptors (Lipinski definition) is 5. The van der Waals surface area contributed by atoms with Crippen LogP contribution in [0.3, 0.4) is 0 Å². The largest absolute Gasteiger partial charge is 0.379 e. The van der Waals surface area contributed by atoms with Crippen molar-refractivity contribution in [2.24, 2.45) is 11.8 Å². The summed E-state index contributed by atoms with van der Waals surface area (Å²) >= 11 is 0. The van der Waals surface area contributed by atoms with Gasteiger partial charge in [0.25, 0.3) is 10.2 Å². The molecule has 10 heteroatoms. The number of hydrogen-bond donors (Lipinski definition) is 1. The van der Waals surface area contributed by atoms with Gasteiger partial charge in [-0.15, -0.1) is 12.4 Å². The van der Waals surface area contributed by atoms with Crippen LogP contribution in [-0.4, -0.2) is 93.4 Å². The molecule has 27 heavy (non-hydrogen) atoms. The van der Waals surface area contributed by atoms with E-state index in [1.807, 2.05) is 4.90 Å². The van der Waals surface area contributed by atoms with Gasteiger partial charge in [-0.05, 0) is 37.8 Å². The van der Waals surface area contributed by atoms with Gasteiger partial charge < -0.3 is 15.0 Å². The molecule has 3 aliphatic heterocycles. The lowest BCUT2D eigenvalue weighted by Gasteiger charge is -2.38. The SMILES string of the molecule is CC(CC(=O)N1CCN(S(=O)(=O)N2CCOCC2)CC1)C1CCCNC1.Cl. The number of ether oxygens (including phenoxy) is 1. The van der Waals surface area contributed by atoms with Crippen LogP contribution >= 0.6 is 12.4 Å². The number of amides is 1. The Kier molecular flexibility index (Phi) is 8.76. The molecule has 3 heterocycles. The van der Waals surface area contributed by atoms with Crippen LogP contribution in [0.15, 0.2) is 0 Å². The summed E-state index contributed by atoms with van der Waals surface area (Å²) in [7, 11) is -3.43. The first-order valence-electron chi connectivity index (χ1n) is 9.80. The lowest BCUT2D eigenvalue weighted by atomic mass is 9.85. The Morgan fingerprint density at radius 2 is 1.74 bits per heavy atom. The van der Waals surface area contributed by atoms with Crippen LogP contribution in [0, 0.1) is 11.8 Å². The average molecular weight is 425 g/mol. The summed E-state index contributed by atoms with van der Waals surface area (Å²) in [5.41, 5.74) is 0. The van der Waals surface area contributed by atoms with E-state index in [0.29, 0.717) is 70.7 Å². The minimum atomic E-state index is -3.43. The Hall–Kier alpha value is -0.450. The van der Waals surface area contributed by atoms with E-state index < -0.39 is 10.2 Å². The van der Waals surface area contributed by atoms with E-state index in [-0.39, 0.29) is 18.3 Å². The number of rotatable bonds is 5. The minimum Gasteiger partial charge on any atom is -0.379 e. The molecule has 1 amide bonds. The molecule has 0 aromatic rings. The smallest absolute Gasteiger partial charge is 0.282 e. The second kappa shape index (κ2) is 10.4. The van der Waals surface area contributed by atoms with Gasteiger partial charge in [-0.1, -0.05) is 6.92 Å². The summed E-state index contributed by atoms with van der Waals surface area (Å²) in [5, 5.41) is 3.41. The van der Waals surface area contributed by atoms with Gasteiger partial charge in [-0.25, -0.2) is 0 Å². The molecule has 3 saturated heterocycles. The normalized spacial score (nSPS) is 27.0. The Morgan fingerprint density at radius 1 is 1.11 bits per heavy atom. The highest BCUT2D eigenvalue weighted by Gasteiger charge is 2.34. The summed E-state index contributed by atoms with van der Waals surface area (Å²) in [6.07, 6.45) is 2.93. The number of carbonyl (C=O) groups excluding carboxylic acids is 1. The van der Waals surface area contributed by atoms with Gasteiger partial charge in [0.15, 0.2) is 0 Å². The highest BCUT2D eigenvalue weighted by molar-refractivity contribution is 7.86. The lowest BCUT2D eigenvalue weighted by molar-refractivity contribution is -0.133. The third-order valence-electron chi connectivity index (χ3n) is 5.85. The van der Waals surface area contributed by atoms with E-state index in [0.717, 1.165) is 13.1 Å². The summed E-state index contributed by atoms with van der Waals surface area (Å²) in [5.74, 6) is 1.09. The van der Waals surface area contributed by atoms with Crippen molar-refractivity contribution in [1.82, 2.24) is 18.8 Å². The first-order valence-corrected chi connectivity index (χ1v) is 11.2. The van der Waals surface area contributed by atoms with Crippen LogP contribution in [0.25, 0.3) is 0 Å². The number of morpholine rings is 1. The first kappa shape index (κ1) is 22.8. The second-order valence-corrected chi connectivity index (χ2v) is 9.52. The Labute approximate surface area is 169 Å². The summed E-state index contributed by atoms with van der Waals surface area (Å²) < 4.78 is 33.6. The molecule has 0 radical (unpaired) electrons. The molecule has 2 unspecified atom stereocenters. The lowest BCUT2D eigenvalue weighted by Crippen LogP contribution is -2.56. The van der Waals surface area contributed by atoms with Crippen LogP contribution in [0.2, 0.25) is 0 Å². The fourth-order valence-electron chi connectivity index (χ4n) is 4.04. The van der Waals surface area contributed by atoms with Crippen LogP contribution < -0.4 is 5.32 Å². The fraction of sp³-hybridized carbons (Fsp3) is 0.941. The molecule has 158 valence electrons. The monoisotopic (exact) mass is 424 g/mol. The van der Waals surface area contributed by atoms with Gasteiger partial charge in [0.05, 0.1) is 13.2 Å². The zero-order valence-electron chi connectivity index (χ0n) is 16.1. The predicted molar refractivity (Wildman–Crippen MR) is 106 cm³/mol. The molecule has 0 aromatic carbocycles. The fourth-order valence-corrected chi connectivity index (χ4v) is 5.61. The van der Waals surface area contributed by atoms with E-state index in [1.165, 1.54) is 21.5 Å². The molecule has 0 aromatic heterocycles. The predicted octanol–water partition coefficient (Wildman–Crippen LogP) is 0.155. The van der Waals surface area contributed by atoms with E-state index in [2.05, 4.69) is 12.2 Å². The Morgan fingerprint density at radius 3 is 2.33 bits per heavy atom. The van der Waals surface area contributed by atoms with E-state index >= 15 is 0 Å². The van der Waals surface area contributed by atoms with Crippen LogP contribution in [-0.2, 0) is 19.7 Å². The number of halogens is 1.